The molecule has 0 saturated heterocycles. The Bertz CT molecular complexity index is 563. The zero-order valence-electron chi connectivity index (χ0n) is 12.0. The number of hydrogen-bond donors (Lipinski definition) is 1. The van der Waals surface area contributed by atoms with E-state index in [2.05, 4.69) is 35.1 Å². The van der Waals surface area contributed by atoms with Gasteiger partial charge in [-0.3, -0.25) is 0 Å². The molecule has 20 heavy (non-hydrogen) atoms. The quantitative estimate of drug-likeness (QED) is 0.790. The Kier molecular flexibility index (Phi) is 5.73. The van der Waals surface area contributed by atoms with Gasteiger partial charge in [0, 0.05) is 29.7 Å². The number of aromatic nitrogens is 1. The van der Waals surface area contributed by atoms with E-state index in [-0.39, 0.29) is 0 Å². The summed E-state index contributed by atoms with van der Waals surface area (Å²) in [5.41, 5.74) is 1.09. The van der Waals surface area contributed by atoms with Crippen LogP contribution in [-0.2, 0) is 6.54 Å². The van der Waals surface area contributed by atoms with Crippen LogP contribution in [0.3, 0.4) is 0 Å². The number of rotatable bonds is 7. The first kappa shape index (κ1) is 15.6. The molecule has 0 fully saturated rings. The van der Waals surface area contributed by atoms with Crippen molar-refractivity contribution in [1.82, 2.24) is 14.8 Å². The van der Waals surface area contributed by atoms with Gasteiger partial charge in [-0.25, -0.2) is 0 Å². The smallest absolute Gasteiger partial charge is 0.0514 e. The summed E-state index contributed by atoms with van der Waals surface area (Å²) in [6, 6.07) is 5.80. The van der Waals surface area contributed by atoms with Gasteiger partial charge in [0.05, 0.1) is 10.5 Å². The summed E-state index contributed by atoms with van der Waals surface area (Å²) in [7, 11) is 4.19. The van der Waals surface area contributed by atoms with Crippen LogP contribution in [0.5, 0.6) is 0 Å². The monoisotopic (exact) mass is 313 g/mol. The predicted molar refractivity (Wildman–Crippen MR) is 88.0 cm³/mol. The highest BCUT2D eigenvalue weighted by atomic mass is 35.5. The molecule has 1 aromatic carbocycles. The molecule has 3 nitrogen and oxygen atoms in total. The molecule has 1 N–H and O–H groups in total. The zero-order valence-corrected chi connectivity index (χ0v) is 13.5. The molecule has 0 aliphatic rings. The van der Waals surface area contributed by atoms with Crippen LogP contribution in [0.1, 0.15) is 6.42 Å². The maximum Gasteiger partial charge on any atom is 0.0514 e. The molecular weight excluding hydrogens is 293 g/mol. The number of nitrogens with zero attached hydrogens (tertiary/aromatic N) is 2. The molecular formula is C15H21Cl2N3. The van der Waals surface area contributed by atoms with Crippen molar-refractivity contribution in [2.75, 3.05) is 33.7 Å². The molecule has 1 heterocycles. The normalized spacial score (nSPS) is 11.7. The molecule has 0 bridgehead atoms. The van der Waals surface area contributed by atoms with Crippen LogP contribution in [0.15, 0.2) is 24.4 Å². The Morgan fingerprint density at radius 2 is 2.00 bits per heavy atom. The van der Waals surface area contributed by atoms with Crippen LogP contribution in [0.25, 0.3) is 10.9 Å². The zero-order chi connectivity index (χ0) is 14.5. The van der Waals surface area contributed by atoms with Crippen molar-refractivity contribution in [2.45, 2.75) is 13.0 Å². The van der Waals surface area contributed by atoms with E-state index in [4.69, 9.17) is 23.2 Å². The van der Waals surface area contributed by atoms with Gasteiger partial charge in [-0.05, 0) is 51.8 Å². The van der Waals surface area contributed by atoms with E-state index in [9.17, 15) is 0 Å². The molecule has 0 aliphatic heterocycles. The van der Waals surface area contributed by atoms with Crippen LogP contribution in [0.4, 0.5) is 0 Å². The lowest BCUT2D eigenvalue weighted by molar-refractivity contribution is 0.393. The number of nitrogens with one attached hydrogen (secondary N) is 1. The standard InChI is InChI=1S/C15H21Cl2N3/c1-19(2)7-3-5-18-6-9-20-8-4-13-14(17)10-12(16)11-15(13)20/h4,8,10-11,18H,3,5-7,9H2,1-2H3. The molecule has 1 aromatic heterocycles. The number of halogens is 2. The fourth-order valence-electron chi connectivity index (χ4n) is 2.26. The fraction of sp³-hybridized carbons (Fsp3) is 0.467. The van der Waals surface area contributed by atoms with Crippen LogP contribution in [-0.4, -0.2) is 43.2 Å². The summed E-state index contributed by atoms with van der Waals surface area (Å²) in [5.74, 6) is 0. The minimum Gasteiger partial charge on any atom is -0.346 e. The molecule has 2 rings (SSSR count). The third-order valence-electron chi connectivity index (χ3n) is 3.29. The van der Waals surface area contributed by atoms with Crippen molar-refractivity contribution in [2.24, 2.45) is 0 Å². The molecule has 0 radical (unpaired) electrons. The van der Waals surface area contributed by atoms with Gasteiger partial charge in [0.1, 0.15) is 0 Å². The summed E-state index contributed by atoms with van der Waals surface area (Å²) < 4.78 is 2.19. The molecule has 0 spiro atoms. The van der Waals surface area contributed by atoms with E-state index in [1.807, 2.05) is 12.1 Å². The highest BCUT2D eigenvalue weighted by Crippen LogP contribution is 2.28. The minimum atomic E-state index is 0.682. The van der Waals surface area contributed by atoms with Gasteiger partial charge in [-0.1, -0.05) is 23.2 Å². The Balaban J connectivity index is 1.87. The Morgan fingerprint density at radius 1 is 1.20 bits per heavy atom. The van der Waals surface area contributed by atoms with Crippen molar-refractivity contribution < 1.29 is 0 Å². The summed E-state index contributed by atoms with van der Waals surface area (Å²) in [6.07, 6.45) is 3.23. The first-order valence-corrected chi connectivity index (χ1v) is 7.63. The second kappa shape index (κ2) is 7.32. The molecule has 0 unspecified atom stereocenters. The first-order valence-electron chi connectivity index (χ1n) is 6.87. The van der Waals surface area contributed by atoms with E-state index in [1.54, 1.807) is 6.07 Å². The Labute approximate surface area is 130 Å². The third-order valence-corrected chi connectivity index (χ3v) is 3.82. The van der Waals surface area contributed by atoms with Crippen molar-refractivity contribution in [3.05, 3.63) is 34.4 Å². The summed E-state index contributed by atoms with van der Waals surface area (Å²) in [5, 5.41) is 5.91. The molecule has 0 saturated carbocycles. The van der Waals surface area contributed by atoms with Crippen LogP contribution >= 0.6 is 23.2 Å². The molecule has 110 valence electrons. The number of fused-ring (bicyclic) bond motifs is 1. The fourth-order valence-corrected chi connectivity index (χ4v) is 2.80. The third kappa shape index (κ3) is 4.13. The second-order valence-corrected chi connectivity index (χ2v) is 6.08. The predicted octanol–water partition coefficient (Wildman–Crippen LogP) is 3.49. The van der Waals surface area contributed by atoms with Crippen LogP contribution in [0, 0.1) is 0 Å². The summed E-state index contributed by atoms with van der Waals surface area (Å²) in [6.45, 7) is 4.02. The van der Waals surface area contributed by atoms with E-state index in [0.29, 0.717) is 10.0 Å². The Hall–Kier alpha value is -0.740. The topological polar surface area (TPSA) is 20.2 Å². The van der Waals surface area contributed by atoms with Gasteiger partial charge in [-0.15, -0.1) is 0 Å². The summed E-state index contributed by atoms with van der Waals surface area (Å²) in [4.78, 5) is 2.20. The highest BCUT2D eigenvalue weighted by molar-refractivity contribution is 6.38. The van der Waals surface area contributed by atoms with Crippen molar-refractivity contribution in [3.63, 3.8) is 0 Å². The van der Waals surface area contributed by atoms with E-state index < -0.39 is 0 Å². The maximum absolute atomic E-state index is 6.19. The van der Waals surface area contributed by atoms with E-state index in [0.717, 1.165) is 43.5 Å². The average Bonchev–Trinajstić information content (AvgIpc) is 2.76. The lowest BCUT2D eigenvalue weighted by Gasteiger charge is -2.10. The van der Waals surface area contributed by atoms with Gasteiger partial charge < -0.3 is 14.8 Å². The van der Waals surface area contributed by atoms with Crippen molar-refractivity contribution in [3.8, 4) is 0 Å². The highest BCUT2D eigenvalue weighted by Gasteiger charge is 2.06. The SMILES string of the molecule is CN(C)CCCNCCn1ccc2c(Cl)cc(Cl)cc21. The largest absolute Gasteiger partial charge is 0.346 e. The number of benzene rings is 1. The molecule has 0 amide bonds. The first-order chi connectivity index (χ1) is 9.58. The van der Waals surface area contributed by atoms with Gasteiger partial charge in [0.15, 0.2) is 0 Å². The second-order valence-electron chi connectivity index (χ2n) is 5.24. The minimum absolute atomic E-state index is 0.682. The lowest BCUT2D eigenvalue weighted by Crippen LogP contribution is -2.24. The van der Waals surface area contributed by atoms with Gasteiger partial charge in [-0.2, -0.15) is 0 Å². The van der Waals surface area contributed by atoms with E-state index >= 15 is 0 Å². The van der Waals surface area contributed by atoms with Gasteiger partial charge in [0.25, 0.3) is 0 Å². The van der Waals surface area contributed by atoms with Crippen LogP contribution in [0.2, 0.25) is 10.0 Å². The van der Waals surface area contributed by atoms with Crippen molar-refractivity contribution in [1.29, 1.82) is 0 Å². The summed E-state index contributed by atoms with van der Waals surface area (Å²) >= 11 is 12.3. The molecule has 2 aromatic rings. The molecule has 0 aliphatic carbocycles. The van der Waals surface area contributed by atoms with E-state index in [1.165, 1.54) is 0 Å². The Morgan fingerprint density at radius 3 is 2.75 bits per heavy atom. The van der Waals surface area contributed by atoms with Crippen molar-refractivity contribution >= 4 is 34.1 Å². The molecule has 0 atom stereocenters. The van der Waals surface area contributed by atoms with Gasteiger partial charge in [0.2, 0.25) is 0 Å². The van der Waals surface area contributed by atoms with Crippen LogP contribution < -0.4 is 5.32 Å². The number of hydrogen-bond acceptors (Lipinski definition) is 2. The average molecular weight is 314 g/mol. The molecule has 5 heteroatoms. The lowest BCUT2D eigenvalue weighted by atomic mass is 10.2. The van der Waals surface area contributed by atoms with Gasteiger partial charge >= 0.3 is 0 Å². The maximum atomic E-state index is 6.19.